The van der Waals surface area contributed by atoms with Gasteiger partial charge < -0.3 is 10.0 Å². The molecule has 27 heavy (non-hydrogen) atoms. The highest BCUT2D eigenvalue weighted by Gasteiger charge is 2.19. The lowest BCUT2D eigenvalue weighted by Gasteiger charge is -2.22. The second-order valence-electron chi connectivity index (χ2n) is 6.69. The Morgan fingerprint density at radius 1 is 1.15 bits per heavy atom. The molecule has 2 aromatic rings. The van der Waals surface area contributed by atoms with Gasteiger partial charge in [0.2, 0.25) is 0 Å². The van der Waals surface area contributed by atoms with Crippen LogP contribution in [0, 0.1) is 13.8 Å². The van der Waals surface area contributed by atoms with Gasteiger partial charge in [0.1, 0.15) is 0 Å². The molecule has 0 bridgehead atoms. The molecule has 0 unspecified atom stereocenters. The minimum Gasteiger partial charge on any atom is -0.478 e. The summed E-state index contributed by atoms with van der Waals surface area (Å²) in [5.74, 6) is -1.10. The van der Waals surface area contributed by atoms with Crippen LogP contribution in [0.1, 0.15) is 41.3 Å². The van der Waals surface area contributed by atoms with Gasteiger partial charge in [-0.1, -0.05) is 31.0 Å². The van der Waals surface area contributed by atoms with Crippen LogP contribution in [0.5, 0.6) is 0 Å². The number of carboxylic acid groups (broad SMARTS) is 1. The smallest absolute Gasteiger partial charge is 0.337 e. The van der Waals surface area contributed by atoms with Crippen LogP contribution in [-0.2, 0) is 10.0 Å². The number of nitrogens with zero attached hydrogens (tertiary/aromatic N) is 1. The first-order valence-corrected chi connectivity index (χ1v) is 10.3. The largest absolute Gasteiger partial charge is 0.478 e. The van der Waals surface area contributed by atoms with E-state index >= 15 is 0 Å². The molecule has 0 saturated carbocycles. The Kier molecular flexibility index (Phi) is 6.49. The third kappa shape index (κ3) is 5.01. The van der Waals surface area contributed by atoms with Gasteiger partial charge >= 0.3 is 5.97 Å². The number of rotatable bonds is 8. The number of carbonyl (C=O) groups is 1. The number of unbranched alkanes of at least 4 members (excludes halogenated alkanes) is 1. The van der Waals surface area contributed by atoms with Crippen LogP contribution in [0.25, 0.3) is 0 Å². The van der Waals surface area contributed by atoms with Crippen molar-refractivity contribution < 1.29 is 18.3 Å². The Morgan fingerprint density at radius 2 is 1.85 bits per heavy atom. The average molecular weight is 391 g/mol. The number of hydrogen-bond acceptors (Lipinski definition) is 4. The van der Waals surface area contributed by atoms with Gasteiger partial charge in [-0.25, -0.2) is 13.2 Å². The maximum atomic E-state index is 12.7. The SMILES string of the molecule is CCCCN(C)c1ccc(NS(=O)(=O)c2ccc(C)cc2C)cc1C(=O)O. The topological polar surface area (TPSA) is 86.7 Å². The zero-order valence-electron chi connectivity index (χ0n) is 16.1. The molecule has 0 aliphatic heterocycles. The van der Waals surface area contributed by atoms with Crippen molar-refractivity contribution in [2.45, 2.75) is 38.5 Å². The standard InChI is InChI=1S/C20H26N2O4S/c1-5-6-11-22(4)18-9-8-16(13-17(18)20(23)24)21-27(25,26)19-10-7-14(2)12-15(19)3/h7-10,12-13,21H,5-6,11H2,1-4H3,(H,23,24). The second-order valence-corrected chi connectivity index (χ2v) is 8.34. The van der Waals surface area contributed by atoms with E-state index in [1.54, 1.807) is 37.3 Å². The summed E-state index contributed by atoms with van der Waals surface area (Å²) in [6.07, 6.45) is 1.94. The number of aryl methyl sites for hydroxylation is 2. The number of carboxylic acids is 1. The summed E-state index contributed by atoms with van der Waals surface area (Å²) in [6, 6.07) is 9.67. The highest BCUT2D eigenvalue weighted by molar-refractivity contribution is 7.92. The molecule has 0 atom stereocenters. The van der Waals surface area contributed by atoms with E-state index in [-0.39, 0.29) is 16.1 Å². The summed E-state index contributed by atoms with van der Waals surface area (Å²) in [4.78, 5) is 13.7. The predicted molar refractivity (Wildman–Crippen MR) is 108 cm³/mol. The zero-order valence-corrected chi connectivity index (χ0v) is 16.9. The summed E-state index contributed by atoms with van der Waals surface area (Å²) in [5, 5.41) is 9.55. The number of nitrogens with one attached hydrogen (secondary N) is 1. The first kappa shape index (κ1) is 20.8. The van der Waals surface area contributed by atoms with E-state index in [4.69, 9.17) is 0 Å². The van der Waals surface area contributed by atoms with Crippen molar-refractivity contribution in [2.75, 3.05) is 23.2 Å². The van der Waals surface area contributed by atoms with Crippen molar-refractivity contribution in [1.29, 1.82) is 0 Å². The summed E-state index contributed by atoms with van der Waals surface area (Å²) in [6.45, 7) is 6.42. The van der Waals surface area contributed by atoms with Gasteiger partial charge in [0.15, 0.2) is 0 Å². The van der Waals surface area contributed by atoms with Gasteiger partial charge in [-0.15, -0.1) is 0 Å². The highest BCUT2D eigenvalue weighted by Crippen LogP contribution is 2.26. The third-order valence-corrected chi connectivity index (χ3v) is 5.90. The first-order chi connectivity index (χ1) is 12.7. The van der Waals surface area contributed by atoms with Crippen LogP contribution in [0.4, 0.5) is 11.4 Å². The molecule has 0 amide bonds. The van der Waals surface area contributed by atoms with Crippen LogP contribution in [-0.4, -0.2) is 33.1 Å². The Morgan fingerprint density at radius 3 is 2.44 bits per heavy atom. The average Bonchev–Trinajstić information content (AvgIpc) is 2.58. The van der Waals surface area contributed by atoms with Crippen molar-refractivity contribution in [3.8, 4) is 0 Å². The molecule has 0 saturated heterocycles. The third-order valence-electron chi connectivity index (χ3n) is 4.36. The van der Waals surface area contributed by atoms with Crippen molar-refractivity contribution in [2.24, 2.45) is 0 Å². The molecule has 146 valence electrons. The van der Waals surface area contributed by atoms with E-state index in [1.165, 1.54) is 6.07 Å². The van der Waals surface area contributed by atoms with Crippen molar-refractivity contribution in [3.63, 3.8) is 0 Å². The molecule has 0 aliphatic carbocycles. The van der Waals surface area contributed by atoms with Crippen molar-refractivity contribution in [1.82, 2.24) is 0 Å². The molecule has 2 N–H and O–H groups in total. The van der Waals surface area contributed by atoms with E-state index in [2.05, 4.69) is 11.6 Å². The first-order valence-electron chi connectivity index (χ1n) is 8.84. The molecule has 2 aromatic carbocycles. The van der Waals surface area contributed by atoms with Gasteiger partial charge in [-0.05, 0) is 50.1 Å². The fraction of sp³-hybridized carbons (Fsp3) is 0.350. The quantitative estimate of drug-likeness (QED) is 0.710. The van der Waals surface area contributed by atoms with E-state index in [0.717, 1.165) is 24.9 Å². The molecule has 0 spiro atoms. The number of hydrogen-bond donors (Lipinski definition) is 2. The fourth-order valence-corrected chi connectivity index (χ4v) is 4.21. The molecule has 0 radical (unpaired) electrons. The predicted octanol–water partition coefficient (Wildman–Crippen LogP) is 4.04. The maximum absolute atomic E-state index is 12.7. The van der Waals surface area contributed by atoms with Crippen LogP contribution in [0.15, 0.2) is 41.3 Å². The van der Waals surface area contributed by atoms with Gasteiger partial charge in [0.05, 0.1) is 16.1 Å². The molecule has 0 aliphatic rings. The number of sulfonamides is 1. The minimum atomic E-state index is -3.81. The monoisotopic (exact) mass is 390 g/mol. The number of aromatic carboxylic acids is 1. The summed E-state index contributed by atoms with van der Waals surface area (Å²) < 4.78 is 27.9. The van der Waals surface area contributed by atoms with Crippen molar-refractivity contribution >= 4 is 27.4 Å². The van der Waals surface area contributed by atoms with Gasteiger partial charge in [0.25, 0.3) is 10.0 Å². The van der Waals surface area contributed by atoms with Crippen LogP contribution in [0.3, 0.4) is 0 Å². The Bertz CT molecular complexity index is 939. The summed E-state index contributed by atoms with van der Waals surface area (Å²) in [5.41, 5.74) is 2.45. The lowest BCUT2D eigenvalue weighted by molar-refractivity contribution is 0.0697. The summed E-state index contributed by atoms with van der Waals surface area (Å²) in [7, 11) is -1.98. The van der Waals surface area contributed by atoms with Gasteiger partial charge in [-0.2, -0.15) is 0 Å². The minimum absolute atomic E-state index is 0.0643. The van der Waals surface area contributed by atoms with Crippen molar-refractivity contribution in [3.05, 3.63) is 53.1 Å². The van der Waals surface area contributed by atoms with Gasteiger partial charge in [0, 0.05) is 19.3 Å². The zero-order chi connectivity index (χ0) is 20.2. The van der Waals surface area contributed by atoms with E-state index in [0.29, 0.717) is 11.3 Å². The molecule has 0 aromatic heterocycles. The maximum Gasteiger partial charge on any atom is 0.337 e. The Hall–Kier alpha value is -2.54. The molecular formula is C20H26N2O4S. The second kappa shape index (κ2) is 8.43. The Balaban J connectivity index is 2.36. The number of anilines is 2. The molecule has 0 fully saturated rings. The van der Waals surface area contributed by atoms with Crippen LogP contribution in [0.2, 0.25) is 0 Å². The number of benzene rings is 2. The highest BCUT2D eigenvalue weighted by atomic mass is 32.2. The van der Waals surface area contributed by atoms with Crippen LogP contribution < -0.4 is 9.62 Å². The normalized spacial score (nSPS) is 11.3. The van der Waals surface area contributed by atoms with E-state index < -0.39 is 16.0 Å². The summed E-state index contributed by atoms with van der Waals surface area (Å²) >= 11 is 0. The van der Waals surface area contributed by atoms with E-state index in [1.807, 2.05) is 18.9 Å². The molecule has 7 heteroatoms. The van der Waals surface area contributed by atoms with Gasteiger partial charge in [-0.3, -0.25) is 4.72 Å². The van der Waals surface area contributed by atoms with Crippen LogP contribution >= 0.6 is 0 Å². The molecule has 2 rings (SSSR count). The molecule has 6 nitrogen and oxygen atoms in total. The molecule has 0 heterocycles. The lowest BCUT2D eigenvalue weighted by atomic mass is 10.1. The fourth-order valence-electron chi connectivity index (χ4n) is 2.93. The lowest BCUT2D eigenvalue weighted by Crippen LogP contribution is -2.21. The van der Waals surface area contributed by atoms with E-state index in [9.17, 15) is 18.3 Å². The Labute approximate surface area is 160 Å². The molecular weight excluding hydrogens is 364 g/mol.